The van der Waals surface area contributed by atoms with E-state index in [9.17, 15) is 4.79 Å². The SMILES string of the molecule is CCC1CC[N+](CCO)(NCCO)C1=O. The van der Waals surface area contributed by atoms with E-state index >= 15 is 0 Å². The first-order valence-electron chi connectivity index (χ1n) is 5.58. The summed E-state index contributed by atoms with van der Waals surface area (Å²) >= 11 is 0. The molecule has 2 atom stereocenters. The summed E-state index contributed by atoms with van der Waals surface area (Å²) in [5, 5.41) is 17.8. The molecule has 1 heterocycles. The first kappa shape index (κ1) is 12.6. The van der Waals surface area contributed by atoms with Crippen LogP contribution in [0.25, 0.3) is 0 Å². The molecule has 5 nitrogen and oxygen atoms in total. The van der Waals surface area contributed by atoms with Crippen molar-refractivity contribution in [3.8, 4) is 0 Å². The molecule has 1 fully saturated rings. The standard InChI is InChI=1S/C10H21N2O3/c1-2-9-3-5-12(6-8-14,10(9)15)11-4-7-13/h9,11,13-14H,2-8H2,1H3/q+1. The largest absolute Gasteiger partial charge is 0.395 e. The lowest BCUT2D eigenvalue weighted by Gasteiger charge is -2.30. The van der Waals surface area contributed by atoms with Crippen molar-refractivity contribution < 1.29 is 19.6 Å². The molecule has 0 aromatic rings. The van der Waals surface area contributed by atoms with Crippen LogP contribution >= 0.6 is 0 Å². The molecule has 0 saturated carbocycles. The number of nitrogens with one attached hydrogen (secondary N) is 1. The number of nitrogens with zero attached hydrogens (tertiary/aromatic N) is 1. The van der Waals surface area contributed by atoms with Gasteiger partial charge in [-0.15, -0.1) is 0 Å². The van der Waals surface area contributed by atoms with Crippen LogP contribution in [-0.4, -0.2) is 53.6 Å². The molecule has 1 aliphatic heterocycles. The molecule has 1 amide bonds. The van der Waals surface area contributed by atoms with Gasteiger partial charge in [0.05, 0.1) is 25.7 Å². The molecule has 3 N–H and O–H groups in total. The number of quaternary nitrogens is 1. The number of aliphatic hydroxyl groups excluding tert-OH is 2. The number of amides is 1. The van der Waals surface area contributed by atoms with E-state index < -0.39 is 0 Å². The highest BCUT2D eigenvalue weighted by molar-refractivity contribution is 5.73. The van der Waals surface area contributed by atoms with Gasteiger partial charge in [-0.25, -0.2) is 4.79 Å². The Kier molecular flexibility index (Phi) is 4.66. The van der Waals surface area contributed by atoms with E-state index in [1.54, 1.807) is 0 Å². The maximum Gasteiger partial charge on any atom is 0.336 e. The molecule has 2 unspecified atom stereocenters. The predicted octanol–water partition coefficient (Wildman–Crippen LogP) is -0.751. The van der Waals surface area contributed by atoms with Gasteiger partial charge in [-0.3, -0.25) is 0 Å². The van der Waals surface area contributed by atoms with E-state index in [4.69, 9.17) is 10.2 Å². The summed E-state index contributed by atoms with van der Waals surface area (Å²) in [6.07, 6.45) is 1.72. The molecule has 88 valence electrons. The summed E-state index contributed by atoms with van der Waals surface area (Å²) in [5.74, 6) is 0.253. The van der Waals surface area contributed by atoms with Crippen molar-refractivity contribution in [2.24, 2.45) is 5.92 Å². The summed E-state index contributed by atoms with van der Waals surface area (Å²) in [6, 6.07) is 0. The van der Waals surface area contributed by atoms with Crippen LogP contribution in [0, 0.1) is 5.92 Å². The Morgan fingerprint density at radius 2 is 2.20 bits per heavy atom. The van der Waals surface area contributed by atoms with Crippen LogP contribution in [0.4, 0.5) is 0 Å². The summed E-state index contributed by atoms with van der Waals surface area (Å²) < 4.78 is 0.134. The first-order valence-corrected chi connectivity index (χ1v) is 5.58. The lowest BCUT2D eigenvalue weighted by Crippen LogP contribution is -2.61. The molecule has 0 aromatic heterocycles. The lowest BCUT2D eigenvalue weighted by molar-refractivity contribution is -0.892. The third-order valence-electron chi connectivity index (χ3n) is 3.13. The molecule has 0 aliphatic carbocycles. The fraction of sp³-hybridized carbons (Fsp3) is 0.900. The zero-order valence-corrected chi connectivity index (χ0v) is 9.28. The smallest absolute Gasteiger partial charge is 0.336 e. The van der Waals surface area contributed by atoms with E-state index in [1.165, 1.54) is 0 Å². The minimum absolute atomic E-state index is 0.00942. The maximum atomic E-state index is 12.1. The summed E-state index contributed by atoms with van der Waals surface area (Å²) in [7, 11) is 0. The number of carbonyl (C=O) groups excluding carboxylic acids is 1. The normalized spacial score (nSPS) is 31.1. The fourth-order valence-electron chi connectivity index (χ4n) is 2.23. The van der Waals surface area contributed by atoms with Gasteiger partial charge >= 0.3 is 5.91 Å². The molecule has 0 spiro atoms. The van der Waals surface area contributed by atoms with Gasteiger partial charge in [0.1, 0.15) is 13.1 Å². The van der Waals surface area contributed by atoms with Crippen LogP contribution in [0.2, 0.25) is 0 Å². The fourth-order valence-corrected chi connectivity index (χ4v) is 2.23. The van der Waals surface area contributed by atoms with Crippen molar-refractivity contribution in [1.82, 2.24) is 5.43 Å². The zero-order valence-electron chi connectivity index (χ0n) is 9.28. The van der Waals surface area contributed by atoms with Gasteiger partial charge < -0.3 is 10.2 Å². The molecule has 1 aliphatic rings. The highest BCUT2D eigenvalue weighted by atomic mass is 16.3. The van der Waals surface area contributed by atoms with Gasteiger partial charge in [-0.2, -0.15) is 10.0 Å². The molecule has 0 aromatic carbocycles. The minimum Gasteiger partial charge on any atom is -0.395 e. The highest BCUT2D eigenvalue weighted by Gasteiger charge is 2.47. The van der Waals surface area contributed by atoms with E-state index in [2.05, 4.69) is 5.43 Å². The van der Waals surface area contributed by atoms with E-state index in [0.29, 0.717) is 13.1 Å². The molecular formula is C10H21N2O3+. The third-order valence-corrected chi connectivity index (χ3v) is 3.13. The van der Waals surface area contributed by atoms with Gasteiger partial charge in [0, 0.05) is 6.42 Å². The maximum absolute atomic E-state index is 12.1. The Balaban J connectivity index is 2.69. The van der Waals surface area contributed by atoms with Crippen LogP contribution in [0.1, 0.15) is 19.8 Å². The molecule has 5 heteroatoms. The number of rotatable bonds is 6. The summed E-state index contributed by atoms with van der Waals surface area (Å²) in [6.45, 7) is 3.51. The van der Waals surface area contributed by atoms with E-state index in [1.807, 2.05) is 6.92 Å². The third kappa shape index (κ3) is 2.55. The van der Waals surface area contributed by atoms with Crippen molar-refractivity contribution in [2.45, 2.75) is 19.8 Å². The Morgan fingerprint density at radius 1 is 1.47 bits per heavy atom. The number of hydrogen-bond acceptors (Lipinski definition) is 4. The average molecular weight is 217 g/mol. The molecule has 0 radical (unpaired) electrons. The number of aliphatic hydroxyl groups is 2. The summed E-state index contributed by atoms with van der Waals surface area (Å²) in [4.78, 5) is 12.1. The van der Waals surface area contributed by atoms with Crippen molar-refractivity contribution >= 4 is 5.91 Å². The van der Waals surface area contributed by atoms with Crippen molar-refractivity contribution in [3.63, 3.8) is 0 Å². The monoisotopic (exact) mass is 217 g/mol. The van der Waals surface area contributed by atoms with Gasteiger partial charge in [-0.05, 0) is 6.42 Å². The number of carbonyl (C=O) groups is 1. The van der Waals surface area contributed by atoms with Crippen LogP contribution in [-0.2, 0) is 4.79 Å². The lowest BCUT2D eigenvalue weighted by atomic mass is 10.1. The number of hydrogen-bond donors (Lipinski definition) is 3. The quantitative estimate of drug-likeness (QED) is 0.512. The van der Waals surface area contributed by atoms with Gasteiger partial charge in [0.2, 0.25) is 0 Å². The van der Waals surface area contributed by atoms with Crippen molar-refractivity contribution in [3.05, 3.63) is 0 Å². The molecule has 1 rings (SSSR count). The van der Waals surface area contributed by atoms with Crippen molar-refractivity contribution in [1.29, 1.82) is 0 Å². The minimum atomic E-state index is -0.0133. The van der Waals surface area contributed by atoms with Gasteiger partial charge in [0.15, 0.2) is 0 Å². The highest BCUT2D eigenvalue weighted by Crippen LogP contribution is 2.26. The first-order chi connectivity index (χ1) is 7.20. The van der Waals surface area contributed by atoms with Gasteiger partial charge in [0.25, 0.3) is 0 Å². The van der Waals surface area contributed by atoms with E-state index in [-0.39, 0.29) is 29.6 Å². The predicted molar refractivity (Wildman–Crippen MR) is 55.6 cm³/mol. The second-order valence-corrected chi connectivity index (χ2v) is 4.00. The average Bonchev–Trinajstić information content (AvgIpc) is 2.55. The molecule has 15 heavy (non-hydrogen) atoms. The Labute approximate surface area is 90.3 Å². The van der Waals surface area contributed by atoms with E-state index in [0.717, 1.165) is 19.4 Å². The Bertz CT molecular complexity index is 223. The zero-order chi connectivity index (χ0) is 11.3. The van der Waals surface area contributed by atoms with Crippen LogP contribution < -0.4 is 5.43 Å². The Hall–Kier alpha value is -0.490. The van der Waals surface area contributed by atoms with Crippen LogP contribution in [0.5, 0.6) is 0 Å². The topological polar surface area (TPSA) is 69.6 Å². The Morgan fingerprint density at radius 3 is 2.67 bits per heavy atom. The van der Waals surface area contributed by atoms with Gasteiger partial charge in [-0.1, -0.05) is 6.92 Å². The molecule has 0 bridgehead atoms. The summed E-state index contributed by atoms with van der Waals surface area (Å²) in [5.41, 5.74) is 3.04. The molecular weight excluding hydrogens is 196 g/mol. The van der Waals surface area contributed by atoms with Crippen molar-refractivity contribution in [2.75, 3.05) is 32.8 Å². The van der Waals surface area contributed by atoms with Crippen LogP contribution in [0.3, 0.4) is 0 Å². The molecule has 1 saturated heterocycles. The number of likely N-dealkylation sites (tertiary alicyclic amines) is 1. The second-order valence-electron chi connectivity index (χ2n) is 4.00. The second kappa shape index (κ2) is 5.55. The van der Waals surface area contributed by atoms with Crippen LogP contribution in [0.15, 0.2) is 0 Å².